The average molecular weight is 262 g/mol. The summed E-state index contributed by atoms with van der Waals surface area (Å²) in [5.41, 5.74) is 0.166. The van der Waals surface area contributed by atoms with E-state index in [2.05, 4.69) is 7.36 Å². The van der Waals surface area contributed by atoms with E-state index in [1.54, 1.807) is 0 Å². The Morgan fingerprint density at radius 1 is 1.60 bits per heavy atom. The van der Waals surface area contributed by atoms with Gasteiger partial charge in [0.25, 0.3) is 0 Å². The van der Waals surface area contributed by atoms with Crippen LogP contribution in [-0.4, -0.2) is 54.9 Å². The fourth-order valence-corrected chi connectivity index (χ4v) is 1.28. The van der Waals surface area contributed by atoms with E-state index in [4.69, 9.17) is 14.9 Å². The average Bonchev–Trinajstić information content (AvgIpc) is 2.04. The molecular weight excluding hydrogens is 252 g/mol. The number of aliphatic hydroxyl groups is 1. The highest BCUT2D eigenvalue weighted by Gasteiger charge is 2.24. The standard InChI is InChI=1S/C3H7NO4.Al.H3O4P.H2O/c5-1-2(4-8)3(6)7;;1-5(2,3)4;/h2,5H,1,4H2,(H,6,7);;(H3,1,2,3,4);1H2/q;+2;;/p-2/t2-;;;/m0.../s1. The summed E-state index contributed by atoms with van der Waals surface area (Å²) in [4.78, 5) is 27.1. The molecule has 0 unspecified atom stereocenters. The van der Waals surface area contributed by atoms with E-state index in [1.165, 1.54) is 0 Å². The first kappa shape index (κ1) is 17.4. The van der Waals surface area contributed by atoms with Gasteiger partial charge in [-0.05, 0) is 0 Å². The summed E-state index contributed by atoms with van der Waals surface area (Å²) in [6, 6.07) is -1.34. The van der Waals surface area contributed by atoms with Gasteiger partial charge in [-0.2, -0.15) is 0 Å². The summed E-state index contributed by atoms with van der Waals surface area (Å²) in [6.45, 7) is -0.725. The van der Waals surface area contributed by atoms with Gasteiger partial charge in [-0.1, -0.05) is 0 Å². The summed E-state index contributed by atoms with van der Waals surface area (Å²) in [6.07, 6.45) is 0. The van der Waals surface area contributed by atoms with E-state index in [0.29, 0.717) is 0 Å². The minimum absolute atomic E-state index is 0. The van der Waals surface area contributed by atoms with Crippen LogP contribution in [0, 0.1) is 5.21 Å². The van der Waals surface area contributed by atoms with Crippen LogP contribution in [0.4, 0.5) is 0 Å². The summed E-state index contributed by atoms with van der Waals surface area (Å²) in [5, 5.41) is 18.5. The fraction of sp³-hybridized carbons (Fsp3) is 0.667. The normalized spacial score (nSPS) is 12.5. The maximum Gasteiger partial charge on any atom is 0.785 e. The van der Waals surface area contributed by atoms with Crippen LogP contribution in [0.1, 0.15) is 0 Å². The van der Waals surface area contributed by atoms with Crippen LogP contribution in [0.2, 0.25) is 0 Å². The highest BCUT2D eigenvalue weighted by molar-refractivity contribution is 7.47. The van der Waals surface area contributed by atoms with E-state index in [1.807, 2.05) is 0 Å². The Hall–Kier alpha value is -0.0475. The van der Waals surface area contributed by atoms with Gasteiger partial charge >= 0.3 is 29.7 Å². The predicted octanol–water partition coefficient (Wildman–Crippen LogP) is -4.23. The van der Waals surface area contributed by atoms with Gasteiger partial charge in [-0.15, -0.1) is 0 Å². The molecule has 0 spiro atoms. The fourth-order valence-electron chi connectivity index (χ4n) is 0.386. The Bertz CT molecular complexity index is 225. The van der Waals surface area contributed by atoms with Gasteiger partial charge < -0.3 is 38.4 Å². The van der Waals surface area contributed by atoms with Crippen molar-refractivity contribution >= 4 is 29.7 Å². The lowest BCUT2D eigenvalue weighted by Crippen LogP contribution is -2.87. The summed E-state index contributed by atoms with van der Waals surface area (Å²) >= 11 is -1.70. The lowest BCUT2D eigenvalue weighted by atomic mass is 10.3. The number of carbonyl (C=O) groups is 1. The third-order valence-electron chi connectivity index (χ3n) is 1.01. The maximum atomic E-state index is 10.8. The Kier molecular flexibility index (Phi) is 9.42. The van der Waals surface area contributed by atoms with Gasteiger partial charge in [-0.3, -0.25) is 0 Å². The molecule has 0 saturated heterocycles. The zero-order chi connectivity index (χ0) is 11.2. The van der Waals surface area contributed by atoms with Crippen LogP contribution < -0.4 is 5.48 Å². The number of rotatable bonds is 6. The molecule has 0 aromatic carbocycles. The lowest BCUT2D eigenvalue weighted by molar-refractivity contribution is -0.617. The van der Waals surface area contributed by atoms with Gasteiger partial charge in [0.2, 0.25) is 6.04 Å². The number of aliphatic hydroxyl groups excluding tert-OH is 1. The van der Waals surface area contributed by atoms with Crippen LogP contribution in [-0.2, 0) is 16.7 Å². The number of hydrogen-bond acceptors (Lipinski definition) is 6. The molecule has 0 aliphatic heterocycles. The molecule has 10 nitrogen and oxygen atoms in total. The molecule has 0 aliphatic carbocycles. The molecule has 0 rings (SSSR count). The lowest BCUT2D eigenvalue weighted by Gasteiger charge is -2.13. The summed E-state index contributed by atoms with van der Waals surface area (Å²) in [7, 11) is -4.66. The first-order valence-electron chi connectivity index (χ1n) is 3.23. The first-order chi connectivity index (χ1) is 6.40. The molecule has 1 atom stereocenters. The molecule has 15 heavy (non-hydrogen) atoms. The molecule has 0 aromatic heterocycles. The van der Waals surface area contributed by atoms with Crippen molar-refractivity contribution in [2.24, 2.45) is 0 Å². The van der Waals surface area contributed by atoms with Gasteiger partial charge in [0.1, 0.15) is 6.61 Å². The van der Waals surface area contributed by atoms with Crippen molar-refractivity contribution in [1.82, 2.24) is 0 Å². The second-order valence-corrected chi connectivity index (χ2v) is 4.31. The number of phosphoric acid groups is 1. The highest BCUT2D eigenvalue weighted by Crippen LogP contribution is 2.34. The molecule has 0 aromatic rings. The Balaban J connectivity index is 0. The molecule has 0 heterocycles. The molecule has 0 aliphatic rings. The van der Waals surface area contributed by atoms with Crippen molar-refractivity contribution in [2.75, 3.05) is 6.61 Å². The molecule has 0 fully saturated rings. The SMILES string of the molecule is O.O=C([O][Al][O]P(=O)(O)O)[C@H](CO)[NH2+][O-]. The Morgan fingerprint density at radius 2 is 2.13 bits per heavy atom. The molecule has 0 saturated carbocycles. The van der Waals surface area contributed by atoms with Crippen LogP contribution in [0.3, 0.4) is 0 Å². The van der Waals surface area contributed by atoms with Crippen LogP contribution in [0.15, 0.2) is 0 Å². The van der Waals surface area contributed by atoms with E-state index < -0.39 is 42.3 Å². The molecule has 89 valence electrons. The monoisotopic (exact) mass is 262 g/mol. The zero-order valence-corrected chi connectivity index (χ0v) is 9.32. The van der Waals surface area contributed by atoms with Crippen molar-refractivity contribution in [2.45, 2.75) is 6.04 Å². The quantitative estimate of drug-likeness (QED) is 0.210. The second-order valence-electron chi connectivity index (χ2n) is 2.05. The van der Waals surface area contributed by atoms with E-state index in [-0.39, 0.29) is 11.0 Å². The highest BCUT2D eigenvalue weighted by atomic mass is 31.2. The molecule has 12 heteroatoms. The summed E-state index contributed by atoms with van der Waals surface area (Å²) < 4.78 is 18.2. The van der Waals surface area contributed by atoms with E-state index in [9.17, 15) is 14.6 Å². The topological polar surface area (TPSA) is 184 Å². The number of hydroxylamine groups is 1. The first-order valence-corrected chi connectivity index (χ1v) is 5.70. The number of nitrogens with two attached hydrogens (primary N) is 1. The van der Waals surface area contributed by atoms with Crippen molar-refractivity contribution in [3.8, 4) is 0 Å². The number of hydrogen-bond donors (Lipinski definition) is 4. The minimum Gasteiger partial charge on any atom is -0.635 e. The van der Waals surface area contributed by atoms with Crippen molar-refractivity contribution in [3.63, 3.8) is 0 Å². The minimum atomic E-state index is -4.66. The van der Waals surface area contributed by atoms with Gasteiger partial charge in [0.05, 0.1) is 0 Å². The van der Waals surface area contributed by atoms with Gasteiger partial charge in [0, 0.05) is 0 Å². The summed E-state index contributed by atoms with van der Waals surface area (Å²) in [5.74, 6) is -1.08. The zero-order valence-electron chi connectivity index (χ0n) is 7.27. The Morgan fingerprint density at radius 3 is 2.47 bits per heavy atom. The smallest absolute Gasteiger partial charge is 0.635 e. The van der Waals surface area contributed by atoms with Crippen LogP contribution in [0.5, 0.6) is 0 Å². The maximum absolute atomic E-state index is 10.8. The number of carbonyl (C=O) groups excluding carboxylic acids is 1. The predicted molar refractivity (Wildman–Crippen MR) is 44.8 cm³/mol. The molecular formula is C3H10AlNO9P. The largest absolute Gasteiger partial charge is 0.785 e. The molecule has 0 bridgehead atoms. The van der Waals surface area contributed by atoms with Crippen molar-refractivity contribution < 1.29 is 42.6 Å². The third kappa shape index (κ3) is 8.92. The number of quaternary nitrogens is 1. The van der Waals surface area contributed by atoms with Crippen LogP contribution in [0.25, 0.3) is 0 Å². The van der Waals surface area contributed by atoms with Crippen molar-refractivity contribution in [1.29, 1.82) is 0 Å². The second kappa shape index (κ2) is 8.14. The third-order valence-corrected chi connectivity index (χ3v) is 2.78. The molecule has 1 radical (unpaired) electrons. The van der Waals surface area contributed by atoms with E-state index in [0.717, 1.165) is 0 Å². The van der Waals surface area contributed by atoms with Gasteiger partial charge in [0.15, 0.2) is 0 Å². The van der Waals surface area contributed by atoms with Crippen molar-refractivity contribution in [3.05, 3.63) is 5.21 Å². The van der Waals surface area contributed by atoms with Crippen LogP contribution >= 0.6 is 7.82 Å². The van der Waals surface area contributed by atoms with E-state index >= 15 is 0 Å². The molecule has 0 amide bonds. The molecule has 7 N–H and O–H groups in total. The van der Waals surface area contributed by atoms with Gasteiger partial charge in [-0.25, -0.2) is 9.36 Å². The Labute approximate surface area is 90.7 Å².